The van der Waals surface area contributed by atoms with Gasteiger partial charge in [0.25, 0.3) is 0 Å². The molecule has 5 rings (SSSR count). The average molecular weight is 490 g/mol. The molecule has 0 unspecified atom stereocenters. The third-order valence-electron chi connectivity index (χ3n) is 5.92. The van der Waals surface area contributed by atoms with E-state index in [4.69, 9.17) is 11.6 Å². The summed E-state index contributed by atoms with van der Waals surface area (Å²) in [7, 11) is 1.77. The quantitative estimate of drug-likeness (QED) is 0.356. The van der Waals surface area contributed by atoms with Crippen LogP contribution in [0.1, 0.15) is 31.2 Å². The molecule has 0 aliphatic rings. The van der Waals surface area contributed by atoms with Crippen LogP contribution in [0.4, 0.5) is 0 Å². The van der Waals surface area contributed by atoms with Crippen LogP contribution in [0.2, 0.25) is 5.02 Å². The number of imidazole rings is 1. The van der Waals surface area contributed by atoms with Crippen molar-refractivity contribution >= 4 is 11.6 Å². The Morgan fingerprint density at radius 3 is 2.57 bits per heavy atom. The molecule has 4 aromatic heterocycles. The van der Waals surface area contributed by atoms with Crippen LogP contribution < -0.4 is 5.69 Å². The number of tetrazole rings is 1. The molecule has 0 saturated carbocycles. The smallest absolute Gasteiger partial charge is 0.290 e. The van der Waals surface area contributed by atoms with E-state index < -0.39 is 0 Å². The van der Waals surface area contributed by atoms with Crippen molar-refractivity contribution in [2.24, 2.45) is 7.05 Å². The molecule has 0 aliphatic carbocycles. The van der Waals surface area contributed by atoms with Crippen LogP contribution in [0.5, 0.6) is 0 Å². The van der Waals surface area contributed by atoms with Gasteiger partial charge in [-0.1, -0.05) is 55.3 Å². The zero-order valence-electron chi connectivity index (χ0n) is 19.4. The maximum absolute atomic E-state index is 13.4. The summed E-state index contributed by atoms with van der Waals surface area (Å²) in [6, 6.07) is 11.8. The van der Waals surface area contributed by atoms with Crippen LogP contribution in [-0.2, 0) is 20.0 Å². The first-order valence-electron chi connectivity index (χ1n) is 11.3. The number of nitrogens with zero attached hydrogens (tertiary/aromatic N) is 8. The van der Waals surface area contributed by atoms with Crippen molar-refractivity contribution in [2.75, 3.05) is 0 Å². The van der Waals surface area contributed by atoms with E-state index in [2.05, 4.69) is 37.6 Å². The Bertz CT molecular complexity index is 1480. The summed E-state index contributed by atoms with van der Waals surface area (Å²) in [6.45, 7) is 2.48. The van der Waals surface area contributed by atoms with Crippen molar-refractivity contribution in [3.63, 3.8) is 0 Å². The predicted molar refractivity (Wildman–Crippen MR) is 132 cm³/mol. The summed E-state index contributed by atoms with van der Waals surface area (Å²) in [5.41, 5.74) is 4.32. The minimum Gasteiger partial charge on any atom is -0.290 e. The lowest BCUT2D eigenvalue weighted by Crippen LogP contribution is -2.26. The highest BCUT2D eigenvalue weighted by molar-refractivity contribution is 6.32. The second-order valence-electron chi connectivity index (χ2n) is 8.24. The molecule has 178 valence electrons. The predicted octanol–water partition coefficient (Wildman–Crippen LogP) is 3.66. The van der Waals surface area contributed by atoms with Crippen LogP contribution in [0.15, 0.2) is 59.8 Å². The monoisotopic (exact) mass is 489 g/mol. The largest absolute Gasteiger partial charge is 0.334 e. The van der Waals surface area contributed by atoms with Crippen molar-refractivity contribution in [3.8, 4) is 28.3 Å². The van der Waals surface area contributed by atoms with Crippen LogP contribution in [0.25, 0.3) is 28.3 Å². The van der Waals surface area contributed by atoms with Crippen molar-refractivity contribution in [3.05, 3.63) is 81.9 Å². The molecular weight excluding hydrogens is 466 g/mol. The molecule has 1 aromatic carbocycles. The fourth-order valence-corrected chi connectivity index (χ4v) is 4.39. The van der Waals surface area contributed by atoms with Gasteiger partial charge in [-0.3, -0.25) is 18.8 Å². The number of aryl methyl sites for hydroxylation is 2. The lowest BCUT2D eigenvalue weighted by atomic mass is 10.0. The first-order chi connectivity index (χ1) is 17.1. The lowest BCUT2D eigenvalue weighted by molar-refractivity contribution is 0.656. The third kappa shape index (κ3) is 4.40. The fraction of sp³-hybridized carbons (Fsp3) is 0.250. The summed E-state index contributed by atoms with van der Waals surface area (Å²) >= 11 is 6.32. The van der Waals surface area contributed by atoms with Crippen LogP contribution in [0, 0.1) is 0 Å². The van der Waals surface area contributed by atoms with E-state index >= 15 is 0 Å². The number of aromatic amines is 1. The lowest BCUT2D eigenvalue weighted by Gasteiger charge is -2.09. The third-order valence-corrected chi connectivity index (χ3v) is 6.19. The Kier molecular flexibility index (Phi) is 6.28. The Morgan fingerprint density at radius 2 is 1.91 bits per heavy atom. The number of nitrogens with one attached hydrogen (secondary N) is 1. The molecule has 1 N–H and O–H groups in total. The summed E-state index contributed by atoms with van der Waals surface area (Å²) in [6.07, 6.45) is 7.99. The highest BCUT2D eigenvalue weighted by atomic mass is 35.5. The first kappa shape index (κ1) is 22.7. The van der Waals surface area contributed by atoms with Gasteiger partial charge < -0.3 is 0 Å². The van der Waals surface area contributed by atoms with E-state index in [9.17, 15) is 4.79 Å². The molecule has 0 bridgehead atoms. The molecule has 0 aliphatic heterocycles. The van der Waals surface area contributed by atoms with Gasteiger partial charge >= 0.3 is 5.69 Å². The minimum absolute atomic E-state index is 0.171. The second-order valence-corrected chi connectivity index (χ2v) is 8.64. The van der Waals surface area contributed by atoms with Gasteiger partial charge in [-0.25, -0.2) is 9.89 Å². The van der Waals surface area contributed by atoms with Gasteiger partial charge in [-0.2, -0.15) is 5.10 Å². The van der Waals surface area contributed by atoms with Gasteiger partial charge in [0.1, 0.15) is 5.02 Å². The van der Waals surface area contributed by atoms with Crippen molar-refractivity contribution in [1.82, 2.24) is 44.5 Å². The number of hydrogen-bond acceptors (Lipinski definition) is 6. The number of halogens is 1. The van der Waals surface area contributed by atoms with Crippen LogP contribution >= 0.6 is 11.6 Å². The van der Waals surface area contributed by atoms with E-state index in [1.165, 1.54) is 0 Å². The van der Waals surface area contributed by atoms with E-state index in [1.54, 1.807) is 27.1 Å². The normalized spacial score (nSPS) is 11.3. The van der Waals surface area contributed by atoms with Gasteiger partial charge in [0.05, 0.1) is 18.4 Å². The topological polar surface area (TPSA) is 112 Å². The van der Waals surface area contributed by atoms with Crippen LogP contribution in [0.3, 0.4) is 0 Å². The van der Waals surface area contributed by atoms with Gasteiger partial charge in [0.15, 0.2) is 11.6 Å². The van der Waals surface area contributed by atoms with E-state index in [0.717, 1.165) is 47.3 Å². The van der Waals surface area contributed by atoms with Crippen molar-refractivity contribution in [2.45, 2.75) is 32.7 Å². The molecular formula is C24H24ClN9O. The maximum Gasteiger partial charge on any atom is 0.334 e. The maximum atomic E-state index is 13.4. The number of H-pyrrole nitrogens is 1. The molecule has 5 aromatic rings. The summed E-state index contributed by atoms with van der Waals surface area (Å²) in [5, 5.41) is 18.8. The highest BCUT2D eigenvalue weighted by Crippen LogP contribution is 2.29. The highest BCUT2D eigenvalue weighted by Gasteiger charge is 2.18. The van der Waals surface area contributed by atoms with Gasteiger partial charge in [-0.15, -0.1) is 5.10 Å². The molecule has 0 radical (unpaired) electrons. The number of benzene rings is 1. The van der Waals surface area contributed by atoms with E-state index in [0.29, 0.717) is 23.2 Å². The van der Waals surface area contributed by atoms with Gasteiger partial charge in [0, 0.05) is 36.3 Å². The first-order valence-corrected chi connectivity index (χ1v) is 11.7. The standard InChI is InChI=1S/C24H24ClN9O/c1-3-4-7-18-15-34(23-21(25)13-27-32(23)2)24(35)33(18)14-17-11-10-16(12-26-17)19-8-5-6-9-20(19)22-28-30-31-29-22/h5-6,8-13,15H,3-4,7,14H2,1-2H3,(H,28,29,30,31). The molecule has 35 heavy (non-hydrogen) atoms. The summed E-state index contributed by atoms with van der Waals surface area (Å²) in [4.78, 5) is 18.1. The van der Waals surface area contributed by atoms with Gasteiger partial charge in [-0.05, 0) is 34.9 Å². The summed E-state index contributed by atoms with van der Waals surface area (Å²) < 4.78 is 4.93. The molecule has 0 spiro atoms. The Labute approximate surface area is 206 Å². The minimum atomic E-state index is -0.171. The number of hydrogen-bond donors (Lipinski definition) is 1. The Balaban J connectivity index is 1.48. The SMILES string of the molecule is CCCCc1cn(-c2c(Cl)cnn2C)c(=O)n1Cc1ccc(-c2ccccc2-c2nnn[nH]2)cn1. The van der Waals surface area contributed by atoms with Crippen molar-refractivity contribution in [1.29, 1.82) is 0 Å². The fourth-order valence-electron chi connectivity index (χ4n) is 4.13. The van der Waals surface area contributed by atoms with Crippen molar-refractivity contribution < 1.29 is 0 Å². The molecule has 0 saturated heterocycles. The van der Waals surface area contributed by atoms with Gasteiger partial charge in [0.2, 0.25) is 0 Å². The molecule has 4 heterocycles. The van der Waals surface area contributed by atoms with Crippen LogP contribution in [-0.4, -0.2) is 44.5 Å². The van der Waals surface area contributed by atoms with E-state index in [1.807, 2.05) is 48.8 Å². The number of aromatic nitrogens is 9. The van der Waals surface area contributed by atoms with E-state index in [-0.39, 0.29) is 5.69 Å². The number of pyridine rings is 1. The molecule has 10 nitrogen and oxygen atoms in total. The zero-order valence-corrected chi connectivity index (χ0v) is 20.1. The Hall–Kier alpha value is -4.05. The molecule has 0 amide bonds. The number of rotatable bonds is 8. The molecule has 0 fully saturated rings. The second kappa shape index (κ2) is 9.67. The zero-order chi connectivity index (χ0) is 24.4. The summed E-state index contributed by atoms with van der Waals surface area (Å²) in [5.74, 6) is 1.14. The Morgan fingerprint density at radius 1 is 1.09 bits per heavy atom. The number of unbranched alkanes of at least 4 members (excludes halogenated alkanes) is 1. The molecule has 0 atom stereocenters. The average Bonchev–Trinajstić information content (AvgIpc) is 3.60. The molecule has 11 heteroatoms.